The Balaban J connectivity index is 1.95. The van der Waals surface area contributed by atoms with Crippen LogP contribution in [0.5, 0.6) is 0 Å². The van der Waals surface area contributed by atoms with E-state index in [4.69, 9.17) is 11.6 Å². The number of hydrogen-bond acceptors (Lipinski definition) is 3. The van der Waals surface area contributed by atoms with E-state index in [0.29, 0.717) is 17.1 Å². The van der Waals surface area contributed by atoms with E-state index >= 15 is 0 Å². The van der Waals surface area contributed by atoms with Gasteiger partial charge in [0.25, 0.3) is 0 Å². The molecule has 2 aliphatic rings. The van der Waals surface area contributed by atoms with Crippen LogP contribution >= 0.6 is 11.6 Å². The lowest BCUT2D eigenvalue weighted by atomic mass is 9.66. The van der Waals surface area contributed by atoms with Gasteiger partial charge in [-0.15, -0.1) is 6.58 Å². The predicted molar refractivity (Wildman–Crippen MR) is 84.1 cm³/mol. The van der Waals surface area contributed by atoms with E-state index in [1.165, 1.54) is 19.3 Å². The van der Waals surface area contributed by atoms with Crippen LogP contribution in [0.4, 0.5) is 0 Å². The maximum absolute atomic E-state index is 9.90. The van der Waals surface area contributed by atoms with E-state index in [0.717, 1.165) is 24.9 Å². The molecule has 110 valence electrons. The van der Waals surface area contributed by atoms with Crippen LogP contribution in [0.2, 0.25) is 5.02 Å². The van der Waals surface area contributed by atoms with Crippen molar-refractivity contribution in [3.8, 4) is 6.07 Å². The van der Waals surface area contributed by atoms with Crippen molar-refractivity contribution in [1.82, 2.24) is 9.88 Å². The Labute approximate surface area is 131 Å². The van der Waals surface area contributed by atoms with Crippen molar-refractivity contribution in [3.05, 3.63) is 41.7 Å². The van der Waals surface area contributed by atoms with Gasteiger partial charge in [-0.25, -0.2) is 0 Å². The molecule has 3 heterocycles. The van der Waals surface area contributed by atoms with Gasteiger partial charge >= 0.3 is 0 Å². The molecule has 3 nitrogen and oxygen atoms in total. The van der Waals surface area contributed by atoms with E-state index in [1.54, 1.807) is 6.20 Å². The van der Waals surface area contributed by atoms with Crippen LogP contribution in [-0.2, 0) is 5.41 Å². The normalized spacial score (nSPS) is 32.4. The van der Waals surface area contributed by atoms with Crippen LogP contribution in [0.15, 0.2) is 31.1 Å². The molecule has 4 heteroatoms. The average Bonchev–Trinajstić information content (AvgIpc) is 2.47. The SMILES string of the molecule is C=CCN1C2CCCC1CC(C#N)(c1cncc(Cl)c1)C2. The summed E-state index contributed by atoms with van der Waals surface area (Å²) in [7, 11) is 0. The zero-order chi connectivity index (χ0) is 14.9. The van der Waals surface area contributed by atoms with Crippen molar-refractivity contribution in [2.75, 3.05) is 6.54 Å². The van der Waals surface area contributed by atoms with Gasteiger partial charge in [0, 0.05) is 31.0 Å². The van der Waals surface area contributed by atoms with Crippen LogP contribution in [0.25, 0.3) is 0 Å². The monoisotopic (exact) mass is 301 g/mol. The number of halogens is 1. The molecule has 2 unspecified atom stereocenters. The van der Waals surface area contributed by atoms with E-state index < -0.39 is 5.41 Å². The lowest BCUT2D eigenvalue weighted by Gasteiger charge is -2.51. The number of pyridine rings is 1. The third-order valence-corrected chi connectivity index (χ3v) is 5.20. The quantitative estimate of drug-likeness (QED) is 0.799. The van der Waals surface area contributed by atoms with Crippen molar-refractivity contribution in [3.63, 3.8) is 0 Å². The molecular formula is C17H20ClN3. The molecule has 2 fully saturated rings. The van der Waals surface area contributed by atoms with E-state index in [9.17, 15) is 5.26 Å². The van der Waals surface area contributed by atoms with Crippen LogP contribution in [-0.4, -0.2) is 28.5 Å². The Bertz CT molecular complexity index is 564. The van der Waals surface area contributed by atoms with Gasteiger partial charge in [0.1, 0.15) is 0 Å². The highest BCUT2D eigenvalue weighted by Crippen LogP contribution is 2.45. The van der Waals surface area contributed by atoms with Crippen molar-refractivity contribution in [2.45, 2.75) is 49.6 Å². The Morgan fingerprint density at radius 3 is 2.71 bits per heavy atom. The smallest absolute Gasteiger partial charge is 0.0867 e. The number of fused-ring (bicyclic) bond motifs is 2. The van der Waals surface area contributed by atoms with Gasteiger partial charge in [-0.1, -0.05) is 24.1 Å². The Morgan fingerprint density at radius 1 is 1.43 bits per heavy atom. The van der Waals surface area contributed by atoms with Crippen molar-refractivity contribution < 1.29 is 0 Å². The van der Waals surface area contributed by atoms with E-state index in [1.807, 2.05) is 18.3 Å². The number of nitriles is 1. The summed E-state index contributed by atoms with van der Waals surface area (Å²) in [5.74, 6) is 0. The van der Waals surface area contributed by atoms with Crippen molar-refractivity contribution in [1.29, 1.82) is 5.26 Å². The van der Waals surface area contributed by atoms with Crippen molar-refractivity contribution in [2.24, 2.45) is 0 Å². The fourth-order valence-corrected chi connectivity index (χ4v) is 4.23. The van der Waals surface area contributed by atoms with Crippen LogP contribution < -0.4 is 0 Å². The number of rotatable bonds is 3. The molecule has 2 aliphatic heterocycles. The Morgan fingerprint density at radius 2 is 2.14 bits per heavy atom. The predicted octanol–water partition coefficient (Wildman–Crippen LogP) is 3.70. The van der Waals surface area contributed by atoms with E-state index in [2.05, 4.69) is 22.5 Å². The molecule has 3 rings (SSSR count). The van der Waals surface area contributed by atoms with Gasteiger partial charge in [0.05, 0.1) is 16.5 Å². The number of piperidine rings is 2. The first-order chi connectivity index (χ1) is 10.2. The summed E-state index contributed by atoms with van der Waals surface area (Å²) in [6.07, 6.45) is 10.8. The summed E-state index contributed by atoms with van der Waals surface area (Å²) in [6, 6.07) is 5.45. The van der Waals surface area contributed by atoms with Crippen molar-refractivity contribution >= 4 is 11.6 Å². The number of hydrogen-bond donors (Lipinski definition) is 0. The second-order valence-electron chi connectivity index (χ2n) is 6.22. The first-order valence-corrected chi connectivity index (χ1v) is 7.95. The molecule has 0 N–H and O–H groups in total. The Hall–Kier alpha value is -1.37. The van der Waals surface area contributed by atoms with Crippen LogP contribution in [0, 0.1) is 11.3 Å². The second-order valence-corrected chi connectivity index (χ2v) is 6.65. The average molecular weight is 302 g/mol. The standard InChI is InChI=1S/C17H20ClN3/c1-2-6-21-15-4-3-5-16(21)9-17(8-15,12-19)13-7-14(18)11-20-10-13/h2,7,10-11,15-16H,1,3-6,8-9H2. The largest absolute Gasteiger partial charge is 0.294 e. The van der Waals surface area contributed by atoms with Crippen LogP contribution in [0.3, 0.4) is 0 Å². The summed E-state index contributed by atoms with van der Waals surface area (Å²) < 4.78 is 0. The molecule has 1 aromatic heterocycles. The topological polar surface area (TPSA) is 39.9 Å². The molecular weight excluding hydrogens is 282 g/mol. The molecule has 21 heavy (non-hydrogen) atoms. The highest BCUT2D eigenvalue weighted by molar-refractivity contribution is 6.30. The second kappa shape index (κ2) is 5.79. The first-order valence-electron chi connectivity index (χ1n) is 7.57. The third kappa shape index (κ3) is 2.59. The minimum atomic E-state index is -0.439. The summed E-state index contributed by atoms with van der Waals surface area (Å²) in [5.41, 5.74) is 0.540. The number of aromatic nitrogens is 1. The van der Waals surface area contributed by atoms with Gasteiger partial charge in [-0.05, 0) is 37.3 Å². The molecule has 1 aromatic rings. The van der Waals surface area contributed by atoms with Gasteiger partial charge in [-0.3, -0.25) is 9.88 Å². The fraction of sp³-hybridized carbons (Fsp3) is 0.529. The van der Waals surface area contributed by atoms with Gasteiger partial charge < -0.3 is 0 Å². The third-order valence-electron chi connectivity index (χ3n) is 4.99. The van der Waals surface area contributed by atoms with Gasteiger partial charge in [-0.2, -0.15) is 5.26 Å². The summed E-state index contributed by atoms with van der Waals surface area (Å²) >= 11 is 6.09. The van der Waals surface area contributed by atoms with Crippen LogP contribution in [0.1, 0.15) is 37.7 Å². The molecule has 2 saturated heterocycles. The maximum Gasteiger partial charge on any atom is 0.0867 e. The fourth-order valence-electron chi connectivity index (χ4n) is 4.06. The summed E-state index contributed by atoms with van der Waals surface area (Å²) in [4.78, 5) is 6.72. The molecule has 0 spiro atoms. The Kier molecular flexibility index (Phi) is 4.01. The minimum Gasteiger partial charge on any atom is -0.294 e. The van der Waals surface area contributed by atoms with E-state index in [-0.39, 0.29) is 0 Å². The summed E-state index contributed by atoms with van der Waals surface area (Å²) in [6.45, 7) is 4.80. The lowest BCUT2D eigenvalue weighted by Crippen LogP contribution is -2.56. The van der Waals surface area contributed by atoms with Gasteiger partial charge in [0.2, 0.25) is 0 Å². The maximum atomic E-state index is 9.90. The molecule has 2 atom stereocenters. The van der Waals surface area contributed by atoms with Gasteiger partial charge in [0.15, 0.2) is 0 Å². The highest BCUT2D eigenvalue weighted by Gasteiger charge is 2.47. The molecule has 0 amide bonds. The molecule has 0 aromatic carbocycles. The molecule has 2 bridgehead atoms. The highest BCUT2D eigenvalue weighted by atomic mass is 35.5. The number of nitrogens with zero attached hydrogens (tertiary/aromatic N) is 3. The molecule has 0 radical (unpaired) electrons. The lowest BCUT2D eigenvalue weighted by molar-refractivity contribution is 0.0243. The zero-order valence-corrected chi connectivity index (χ0v) is 12.9. The first kappa shape index (κ1) is 14.6. The minimum absolute atomic E-state index is 0.439. The summed E-state index contributed by atoms with van der Waals surface area (Å²) in [5, 5.41) is 10.5. The zero-order valence-electron chi connectivity index (χ0n) is 12.1. The molecule has 0 aliphatic carbocycles. The molecule has 0 saturated carbocycles.